The van der Waals surface area contributed by atoms with Crippen molar-refractivity contribution in [2.75, 3.05) is 6.61 Å². The average Bonchev–Trinajstić information content (AvgIpc) is 3.07. The van der Waals surface area contributed by atoms with Gasteiger partial charge in [-0.3, -0.25) is 0 Å². The molecule has 4 unspecified atom stereocenters. The molecule has 0 heterocycles. The number of hydrogen-bond acceptors (Lipinski definition) is 2. The van der Waals surface area contributed by atoms with Crippen LogP contribution in [0.25, 0.3) is 0 Å². The van der Waals surface area contributed by atoms with Crippen LogP contribution < -0.4 is 0 Å². The first-order chi connectivity index (χ1) is 9.33. The summed E-state index contributed by atoms with van der Waals surface area (Å²) in [6.07, 6.45) is 5.00. The van der Waals surface area contributed by atoms with Gasteiger partial charge in [0.05, 0.1) is 6.10 Å². The number of benzene rings is 1. The molecule has 0 aromatic heterocycles. The van der Waals surface area contributed by atoms with E-state index in [1.165, 1.54) is 25.7 Å². The first-order valence-electron chi connectivity index (χ1n) is 7.16. The van der Waals surface area contributed by atoms with Gasteiger partial charge in [-0.2, -0.15) is 0 Å². The minimum Gasteiger partial charge on any atom is -0.376 e. The van der Waals surface area contributed by atoms with E-state index in [0.717, 1.165) is 17.4 Å². The second kappa shape index (κ2) is 5.77. The molecule has 3 rings (SSSR count). The SMILES string of the molecule is OC(C#CCOC1CC2CCC1C2)c1ccccc1. The predicted molar refractivity (Wildman–Crippen MR) is 74.4 cm³/mol. The van der Waals surface area contributed by atoms with Gasteiger partial charge in [0.15, 0.2) is 0 Å². The lowest BCUT2D eigenvalue weighted by Crippen LogP contribution is -2.20. The summed E-state index contributed by atoms with van der Waals surface area (Å²) in [6.45, 7) is 0.442. The number of aliphatic hydroxyl groups is 1. The second-order valence-electron chi connectivity index (χ2n) is 5.66. The summed E-state index contributed by atoms with van der Waals surface area (Å²) in [7, 11) is 0. The van der Waals surface area contributed by atoms with E-state index >= 15 is 0 Å². The fourth-order valence-corrected chi connectivity index (χ4v) is 3.40. The van der Waals surface area contributed by atoms with Crippen LogP contribution in [0.4, 0.5) is 0 Å². The minimum atomic E-state index is -0.704. The van der Waals surface area contributed by atoms with E-state index in [9.17, 15) is 5.11 Å². The summed E-state index contributed by atoms with van der Waals surface area (Å²) in [6, 6.07) is 9.52. The molecule has 100 valence electrons. The number of aliphatic hydroxyl groups excluding tert-OH is 1. The second-order valence-corrected chi connectivity index (χ2v) is 5.66. The molecule has 0 spiro atoms. The van der Waals surface area contributed by atoms with Crippen LogP contribution in [-0.2, 0) is 4.74 Å². The zero-order valence-electron chi connectivity index (χ0n) is 11.1. The molecule has 0 radical (unpaired) electrons. The van der Waals surface area contributed by atoms with Crippen molar-refractivity contribution < 1.29 is 9.84 Å². The van der Waals surface area contributed by atoms with Gasteiger partial charge in [0, 0.05) is 0 Å². The van der Waals surface area contributed by atoms with Gasteiger partial charge in [0.25, 0.3) is 0 Å². The van der Waals surface area contributed by atoms with Gasteiger partial charge in [-0.15, -0.1) is 0 Å². The molecule has 0 saturated heterocycles. The van der Waals surface area contributed by atoms with Crippen molar-refractivity contribution in [1.29, 1.82) is 0 Å². The summed E-state index contributed by atoms with van der Waals surface area (Å²) < 4.78 is 5.84. The van der Waals surface area contributed by atoms with Crippen LogP contribution in [0.2, 0.25) is 0 Å². The molecule has 2 heteroatoms. The molecule has 2 fully saturated rings. The van der Waals surface area contributed by atoms with Crippen LogP contribution in [0.1, 0.15) is 37.4 Å². The fourth-order valence-electron chi connectivity index (χ4n) is 3.40. The maximum Gasteiger partial charge on any atom is 0.140 e. The van der Waals surface area contributed by atoms with Crippen molar-refractivity contribution in [3.63, 3.8) is 0 Å². The Balaban J connectivity index is 1.46. The maximum absolute atomic E-state index is 9.89. The van der Waals surface area contributed by atoms with Gasteiger partial charge in [-0.05, 0) is 43.1 Å². The molecule has 19 heavy (non-hydrogen) atoms. The Bertz CT molecular complexity index is 471. The largest absolute Gasteiger partial charge is 0.376 e. The summed E-state index contributed by atoms with van der Waals surface area (Å²) >= 11 is 0. The lowest BCUT2D eigenvalue weighted by molar-refractivity contribution is 0.0366. The van der Waals surface area contributed by atoms with E-state index in [1.807, 2.05) is 30.3 Å². The average molecular weight is 256 g/mol. The summed E-state index contributed by atoms with van der Waals surface area (Å²) in [5.74, 6) is 7.47. The zero-order valence-corrected chi connectivity index (χ0v) is 11.1. The first kappa shape index (κ1) is 12.7. The van der Waals surface area contributed by atoms with Gasteiger partial charge in [0.2, 0.25) is 0 Å². The number of ether oxygens (including phenoxy) is 1. The Labute approximate surface area is 114 Å². The molecule has 1 aromatic carbocycles. The fraction of sp³-hybridized carbons (Fsp3) is 0.529. The number of rotatable bonds is 3. The highest BCUT2D eigenvalue weighted by Crippen LogP contribution is 2.45. The third-order valence-corrected chi connectivity index (χ3v) is 4.40. The van der Waals surface area contributed by atoms with E-state index in [-0.39, 0.29) is 0 Å². The normalized spacial score (nSPS) is 29.8. The van der Waals surface area contributed by atoms with Crippen LogP contribution >= 0.6 is 0 Å². The standard InChI is InChI=1S/C17H20O2/c18-16(14-5-2-1-3-6-14)7-4-10-19-17-12-13-8-9-15(17)11-13/h1-3,5-6,13,15-18H,8-12H2. The molecule has 1 N–H and O–H groups in total. The van der Waals surface area contributed by atoms with E-state index < -0.39 is 6.10 Å². The van der Waals surface area contributed by atoms with Crippen molar-refractivity contribution >= 4 is 0 Å². The Hall–Kier alpha value is -1.30. The van der Waals surface area contributed by atoms with Crippen LogP contribution in [0.15, 0.2) is 30.3 Å². The number of hydrogen-bond donors (Lipinski definition) is 1. The van der Waals surface area contributed by atoms with Gasteiger partial charge in [-0.1, -0.05) is 42.2 Å². The monoisotopic (exact) mass is 256 g/mol. The molecule has 2 saturated carbocycles. The van der Waals surface area contributed by atoms with Crippen LogP contribution in [0.5, 0.6) is 0 Å². The van der Waals surface area contributed by atoms with Crippen molar-refractivity contribution in [1.82, 2.24) is 0 Å². The lowest BCUT2D eigenvalue weighted by Gasteiger charge is -2.20. The van der Waals surface area contributed by atoms with Crippen molar-refractivity contribution in [3.8, 4) is 11.8 Å². The Morgan fingerprint density at radius 3 is 2.74 bits per heavy atom. The van der Waals surface area contributed by atoms with E-state index in [2.05, 4.69) is 11.8 Å². The van der Waals surface area contributed by atoms with Gasteiger partial charge in [0.1, 0.15) is 12.7 Å². The molecular formula is C17H20O2. The molecule has 0 aliphatic heterocycles. The summed E-state index contributed by atoms with van der Waals surface area (Å²) in [5, 5.41) is 9.89. The van der Waals surface area contributed by atoms with Crippen molar-refractivity contribution in [3.05, 3.63) is 35.9 Å². The van der Waals surface area contributed by atoms with Crippen molar-refractivity contribution in [2.45, 2.75) is 37.9 Å². The third kappa shape index (κ3) is 3.00. The third-order valence-electron chi connectivity index (χ3n) is 4.40. The highest BCUT2D eigenvalue weighted by atomic mass is 16.5. The molecule has 2 bridgehead atoms. The molecule has 0 amide bonds. The van der Waals surface area contributed by atoms with E-state index in [4.69, 9.17) is 4.74 Å². The van der Waals surface area contributed by atoms with Gasteiger partial charge >= 0.3 is 0 Å². The van der Waals surface area contributed by atoms with Crippen LogP contribution in [0.3, 0.4) is 0 Å². The molecule has 4 atom stereocenters. The van der Waals surface area contributed by atoms with E-state index in [1.54, 1.807) is 0 Å². The van der Waals surface area contributed by atoms with E-state index in [0.29, 0.717) is 12.7 Å². The molecular weight excluding hydrogens is 236 g/mol. The highest BCUT2D eigenvalue weighted by Gasteiger charge is 2.39. The first-order valence-corrected chi connectivity index (χ1v) is 7.16. The van der Waals surface area contributed by atoms with Gasteiger partial charge in [-0.25, -0.2) is 0 Å². The van der Waals surface area contributed by atoms with Crippen LogP contribution in [-0.4, -0.2) is 17.8 Å². The topological polar surface area (TPSA) is 29.5 Å². The summed E-state index contributed by atoms with van der Waals surface area (Å²) in [4.78, 5) is 0. The quantitative estimate of drug-likeness (QED) is 0.843. The molecule has 1 aromatic rings. The Kier molecular flexibility index (Phi) is 3.87. The molecule has 2 nitrogen and oxygen atoms in total. The Morgan fingerprint density at radius 2 is 2.05 bits per heavy atom. The highest BCUT2D eigenvalue weighted by molar-refractivity contribution is 5.24. The molecule has 2 aliphatic carbocycles. The summed E-state index contributed by atoms with van der Waals surface area (Å²) in [5.41, 5.74) is 0.843. The predicted octanol–water partition coefficient (Wildman–Crippen LogP) is 2.93. The number of fused-ring (bicyclic) bond motifs is 2. The van der Waals surface area contributed by atoms with Crippen molar-refractivity contribution in [2.24, 2.45) is 11.8 Å². The zero-order chi connectivity index (χ0) is 13.1. The Morgan fingerprint density at radius 1 is 1.21 bits per heavy atom. The lowest BCUT2D eigenvalue weighted by atomic mass is 9.98. The minimum absolute atomic E-state index is 0.418. The molecule has 2 aliphatic rings. The maximum atomic E-state index is 9.89. The van der Waals surface area contributed by atoms with Crippen LogP contribution in [0, 0.1) is 23.7 Å². The van der Waals surface area contributed by atoms with Gasteiger partial charge < -0.3 is 9.84 Å². The smallest absolute Gasteiger partial charge is 0.140 e.